The van der Waals surface area contributed by atoms with Gasteiger partial charge < -0.3 is 20.2 Å². The highest BCUT2D eigenvalue weighted by Gasteiger charge is 2.28. The molecule has 0 radical (unpaired) electrons. The quantitative estimate of drug-likeness (QED) is 0.701. The van der Waals surface area contributed by atoms with Crippen molar-refractivity contribution in [3.63, 3.8) is 0 Å². The molecule has 0 unspecified atom stereocenters. The topological polar surface area (TPSA) is 72.9 Å². The molecule has 18 heavy (non-hydrogen) atoms. The molecular formula is C12H23N3O3. The third kappa shape index (κ3) is 4.18. The first-order valence-electron chi connectivity index (χ1n) is 6.43. The fourth-order valence-corrected chi connectivity index (χ4v) is 2.15. The maximum atomic E-state index is 12.1. The molecule has 1 fully saturated rings. The van der Waals surface area contributed by atoms with Crippen LogP contribution in [0.25, 0.3) is 0 Å². The van der Waals surface area contributed by atoms with Crippen molar-refractivity contribution >= 4 is 12.0 Å². The van der Waals surface area contributed by atoms with Crippen LogP contribution in [-0.2, 0) is 4.79 Å². The molecule has 0 aromatic rings. The Morgan fingerprint density at radius 1 is 1.39 bits per heavy atom. The molecule has 2 amide bonds. The van der Waals surface area contributed by atoms with Gasteiger partial charge in [-0.25, -0.2) is 4.79 Å². The number of amides is 2. The van der Waals surface area contributed by atoms with Crippen molar-refractivity contribution in [3.8, 4) is 0 Å². The second kappa shape index (κ2) is 7.20. The highest BCUT2D eigenvalue weighted by Crippen LogP contribution is 2.18. The van der Waals surface area contributed by atoms with E-state index in [1.807, 2.05) is 7.05 Å². The Hall–Kier alpha value is -1.30. The molecule has 104 valence electrons. The maximum Gasteiger partial charge on any atom is 0.319 e. The Bertz CT molecular complexity index is 288. The third-order valence-corrected chi connectivity index (χ3v) is 3.36. The van der Waals surface area contributed by atoms with Crippen LogP contribution in [0, 0.1) is 5.92 Å². The predicted octanol–water partition coefficient (Wildman–Crippen LogP) is 0.444. The van der Waals surface area contributed by atoms with E-state index in [1.54, 1.807) is 16.8 Å². The molecule has 6 heteroatoms. The maximum absolute atomic E-state index is 12.1. The summed E-state index contributed by atoms with van der Waals surface area (Å²) < 4.78 is 0. The van der Waals surface area contributed by atoms with Crippen molar-refractivity contribution in [1.82, 2.24) is 15.1 Å². The van der Waals surface area contributed by atoms with E-state index in [-0.39, 0.29) is 11.9 Å². The number of carbonyl (C=O) groups is 2. The van der Waals surface area contributed by atoms with Gasteiger partial charge in [0.15, 0.2) is 0 Å². The van der Waals surface area contributed by atoms with Crippen molar-refractivity contribution in [3.05, 3.63) is 0 Å². The first-order valence-corrected chi connectivity index (χ1v) is 6.43. The first-order chi connectivity index (χ1) is 8.56. The van der Waals surface area contributed by atoms with E-state index in [9.17, 15) is 9.59 Å². The standard InChI is InChI=1S/C12H23N3O3/c1-13-6-3-7-14(2)12(18)15-8-4-10(5-9-15)11(16)17/h10,13H,3-9H2,1-2H3,(H,16,17). The lowest BCUT2D eigenvalue weighted by molar-refractivity contribution is -0.143. The van der Waals surface area contributed by atoms with E-state index in [0.717, 1.165) is 19.5 Å². The molecule has 0 aliphatic carbocycles. The molecule has 0 aromatic heterocycles. The minimum atomic E-state index is -0.746. The van der Waals surface area contributed by atoms with E-state index in [2.05, 4.69) is 5.32 Å². The fraction of sp³-hybridized carbons (Fsp3) is 0.833. The van der Waals surface area contributed by atoms with Crippen LogP contribution >= 0.6 is 0 Å². The summed E-state index contributed by atoms with van der Waals surface area (Å²) in [6, 6.07) is 0.00921. The molecule has 1 aliphatic heterocycles. The molecule has 1 saturated heterocycles. The van der Waals surface area contributed by atoms with Crippen LogP contribution in [0.2, 0.25) is 0 Å². The Labute approximate surface area is 108 Å². The SMILES string of the molecule is CNCCCN(C)C(=O)N1CCC(C(=O)O)CC1. The average Bonchev–Trinajstić information content (AvgIpc) is 2.38. The monoisotopic (exact) mass is 257 g/mol. The van der Waals surface area contributed by atoms with E-state index >= 15 is 0 Å². The zero-order valence-electron chi connectivity index (χ0n) is 11.2. The number of urea groups is 1. The predicted molar refractivity (Wildman–Crippen MR) is 68.5 cm³/mol. The average molecular weight is 257 g/mol. The van der Waals surface area contributed by atoms with E-state index < -0.39 is 5.97 Å². The number of hydrogen-bond donors (Lipinski definition) is 2. The van der Waals surface area contributed by atoms with Gasteiger partial charge in [0.25, 0.3) is 0 Å². The molecule has 1 aliphatic rings. The summed E-state index contributed by atoms with van der Waals surface area (Å²) in [5.74, 6) is -1.03. The van der Waals surface area contributed by atoms with Gasteiger partial charge in [0.05, 0.1) is 5.92 Å². The summed E-state index contributed by atoms with van der Waals surface area (Å²) in [6.45, 7) is 2.70. The molecular weight excluding hydrogens is 234 g/mol. The van der Waals surface area contributed by atoms with Gasteiger partial charge >= 0.3 is 12.0 Å². The van der Waals surface area contributed by atoms with Gasteiger partial charge in [0.2, 0.25) is 0 Å². The highest BCUT2D eigenvalue weighted by atomic mass is 16.4. The summed E-state index contributed by atoms with van der Waals surface area (Å²) >= 11 is 0. The Kier molecular flexibility index (Phi) is 5.91. The lowest BCUT2D eigenvalue weighted by Crippen LogP contribution is -2.46. The van der Waals surface area contributed by atoms with Crippen molar-refractivity contribution in [1.29, 1.82) is 0 Å². The molecule has 1 rings (SSSR count). The van der Waals surface area contributed by atoms with Crippen LogP contribution in [0.5, 0.6) is 0 Å². The van der Waals surface area contributed by atoms with Crippen molar-refractivity contribution < 1.29 is 14.7 Å². The van der Waals surface area contributed by atoms with Gasteiger partial charge in [-0.2, -0.15) is 0 Å². The molecule has 0 bridgehead atoms. The second-order valence-corrected chi connectivity index (χ2v) is 4.76. The molecule has 0 atom stereocenters. The molecule has 2 N–H and O–H groups in total. The number of carbonyl (C=O) groups excluding carboxylic acids is 1. The summed E-state index contributed by atoms with van der Waals surface area (Å²) in [5, 5.41) is 11.9. The number of rotatable bonds is 5. The van der Waals surface area contributed by atoms with Gasteiger partial charge in [-0.3, -0.25) is 4.79 Å². The van der Waals surface area contributed by atoms with E-state index in [4.69, 9.17) is 5.11 Å². The third-order valence-electron chi connectivity index (χ3n) is 3.36. The molecule has 0 spiro atoms. The lowest BCUT2D eigenvalue weighted by atomic mass is 9.97. The number of aliphatic carboxylic acids is 1. The van der Waals surface area contributed by atoms with Crippen LogP contribution < -0.4 is 5.32 Å². The van der Waals surface area contributed by atoms with Gasteiger partial charge in [-0.15, -0.1) is 0 Å². The Balaban J connectivity index is 2.32. The number of nitrogens with one attached hydrogen (secondary N) is 1. The number of hydrogen-bond acceptors (Lipinski definition) is 3. The van der Waals surface area contributed by atoms with E-state index in [0.29, 0.717) is 25.9 Å². The zero-order valence-corrected chi connectivity index (χ0v) is 11.2. The summed E-state index contributed by atoms with van der Waals surface area (Å²) in [4.78, 5) is 26.3. The molecule has 6 nitrogen and oxygen atoms in total. The van der Waals surface area contributed by atoms with Crippen molar-refractivity contribution in [2.24, 2.45) is 5.92 Å². The fourth-order valence-electron chi connectivity index (χ4n) is 2.15. The smallest absolute Gasteiger partial charge is 0.319 e. The second-order valence-electron chi connectivity index (χ2n) is 4.76. The molecule has 1 heterocycles. The number of carboxylic acids is 1. The normalized spacial score (nSPS) is 16.7. The number of piperidine rings is 1. The molecule has 0 aromatic carbocycles. The Morgan fingerprint density at radius 3 is 2.50 bits per heavy atom. The van der Waals surface area contributed by atoms with Crippen LogP contribution in [0.1, 0.15) is 19.3 Å². The first kappa shape index (κ1) is 14.8. The van der Waals surface area contributed by atoms with Crippen molar-refractivity contribution in [2.75, 3.05) is 40.3 Å². The van der Waals surface area contributed by atoms with Gasteiger partial charge in [-0.05, 0) is 32.9 Å². The summed E-state index contributed by atoms with van der Waals surface area (Å²) in [6.07, 6.45) is 2.04. The number of likely N-dealkylation sites (tertiary alicyclic amines) is 1. The van der Waals surface area contributed by atoms with Crippen LogP contribution in [-0.4, -0.2) is 67.2 Å². The highest BCUT2D eigenvalue weighted by molar-refractivity contribution is 5.75. The minimum Gasteiger partial charge on any atom is -0.481 e. The van der Waals surface area contributed by atoms with Crippen LogP contribution in [0.15, 0.2) is 0 Å². The number of carboxylic acid groups (broad SMARTS) is 1. The molecule has 0 saturated carbocycles. The van der Waals surface area contributed by atoms with E-state index in [1.165, 1.54) is 0 Å². The minimum absolute atomic E-state index is 0.00921. The largest absolute Gasteiger partial charge is 0.481 e. The zero-order chi connectivity index (χ0) is 13.5. The summed E-state index contributed by atoms with van der Waals surface area (Å²) in [5.41, 5.74) is 0. The summed E-state index contributed by atoms with van der Waals surface area (Å²) in [7, 11) is 3.68. The van der Waals surface area contributed by atoms with Gasteiger partial charge in [0.1, 0.15) is 0 Å². The van der Waals surface area contributed by atoms with Crippen LogP contribution in [0.4, 0.5) is 4.79 Å². The Morgan fingerprint density at radius 2 is 2.00 bits per heavy atom. The van der Waals surface area contributed by atoms with Gasteiger partial charge in [0, 0.05) is 26.7 Å². The number of nitrogens with zero attached hydrogens (tertiary/aromatic N) is 2. The van der Waals surface area contributed by atoms with Crippen molar-refractivity contribution in [2.45, 2.75) is 19.3 Å². The van der Waals surface area contributed by atoms with Gasteiger partial charge in [-0.1, -0.05) is 0 Å². The van der Waals surface area contributed by atoms with Crippen LogP contribution in [0.3, 0.4) is 0 Å². The lowest BCUT2D eigenvalue weighted by Gasteiger charge is -2.33.